The molecule has 0 atom stereocenters. The third-order valence-corrected chi connectivity index (χ3v) is 2.58. The van der Waals surface area contributed by atoms with Gasteiger partial charge in [-0.05, 0) is 37.1 Å². The Morgan fingerprint density at radius 3 is 2.53 bits per heavy atom. The summed E-state index contributed by atoms with van der Waals surface area (Å²) in [6, 6.07) is 8.52. The van der Waals surface area contributed by atoms with Crippen molar-refractivity contribution in [3.8, 4) is 0 Å². The highest BCUT2D eigenvalue weighted by Crippen LogP contribution is 2.14. The second kappa shape index (κ2) is 6.06. The van der Waals surface area contributed by atoms with Gasteiger partial charge in [0.15, 0.2) is 0 Å². The lowest BCUT2D eigenvalue weighted by molar-refractivity contribution is 0.233. The molecule has 1 N–H and O–H groups in total. The van der Waals surface area contributed by atoms with Crippen LogP contribution < -0.4 is 5.32 Å². The first-order chi connectivity index (χ1) is 7.87. The summed E-state index contributed by atoms with van der Waals surface area (Å²) in [7, 11) is 2.18. The van der Waals surface area contributed by atoms with Crippen LogP contribution in [0.4, 0.5) is 5.69 Å². The predicted octanol–water partition coefficient (Wildman–Crippen LogP) is 3.38. The molecule has 1 aromatic rings. The van der Waals surface area contributed by atoms with Gasteiger partial charge in [0.1, 0.15) is 0 Å². The molecule has 0 unspecified atom stereocenters. The number of aryl methyl sites for hydroxylation is 1. The lowest BCUT2D eigenvalue weighted by Gasteiger charge is -2.26. The van der Waals surface area contributed by atoms with Crippen LogP contribution in [-0.4, -0.2) is 31.6 Å². The average molecular weight is 234 g/mol. The molecule has 0 fully saturated rings. The predicted molar refractivity (Wildman–Crippen MR) is 76.6 cm³/mol. The van der Waals surface area contributed by atoms with E-state index in [1.807, 2.05) is 0 Å². The van der Waals surface area contributed by atoms with Gasteiger partial charge in [-0.3, -0.25) is 0 Å². The quantitative estimate of drug-likeness (QED) is 0.840. The van der Waals surface area contributed by atoms with Crippen LogP contribution in [0.1, 0.15) is 26.3 Å². The topological polar surface area (TPSA) is 15.3 Å². The number of nitrogens with zero attached hydrogens (tertiary/aromatic N) is 1. The highest BCUT2D eigenvalue weighted by molar-refractivity contribution is 5.45. The number of nitrogens with one attached hydrogen (secondary N) is 1. The van der Waals surface area contributed by atoms with Gasteiger partial charge in [0.05, 0.1) is 0 Å². The lowest BCUT2D eigenvalue weighted by Crippen LogP contribution is -2.32. The molecular formula is C15H26N2. The van der Waals surface area contributed by atoms with Gasteiger partial charge >= 0.3 is 0 Å². The molecule has 0 radical (unpaired) electrons. The maximum absolute atomic E-state index is 3.46. The fourth-order valence-corrected chi connectivity index (χ4v) is 2.03. The van der Waals surface area contributed by atoms with Gasteiger partial charge in [0, 0.05) is 25.3 Å². The summed E-state index contributed by atoms with van der Waals surface area (Å²) in [6.07, 6.45) is 0. The molecule has 0 spiro atoms. The molecule has 0 amide bonds. The minimum Gasteiger partial charge on any atom is -0.384 e. The maximum Gasteiger partial charge on any atom is 0.0343 e. The molecule has 2 heteroatoms. The highest BCUT2D eigenvalue weighted by atomic mass is 15.1. The van der Waals surface area contributed by atoms with Crippen LogP contribution in [0.25, 0.3) is 0 Å². The Labute approximate surface area is 106 Å². The molecule has 17 heavy (non-hydrogen) atoms. The molecule has 0 bridgehead atoms. The Hall–Kier alpha value is -1.02. The van der Waals surface area contributed by atoms with Crippen LogP contribution in [0, 0.1) is 12.3 Å². The van der Waals surface area contributed by atoms with Gasteiger partial charge in [-0.2, -0.15) is 0 Å². The zero-order valence-electron chi connectivity index (χ0n) is 11.9. The molecule has 0 saturated heterocycles. The van der Waals surface area contributed by atoms with Crippen LogP contribution in [0.2, 0.25) is 0 Å². The van der Waals surface area contributed by atoms with E-state index in [0.29, 0.717) is 5.41 Å². The molecule has 96 valence electrons. The number of anilines is 1. The Morgan fingerprint density at radius 1 is 1.24 bits per heavy atom. The summed E-state index contributed by atoms with van der Waals surface area (Å²) >= 11 is 0. The zero-order chi connectivity index (χ0) is 12.9. The number of hydrogen-bond donors (Lipinski definition) is 1. The van der Waals surface area contributed by atoms with Gasteiger partial charge in [-0.25, -0.2) is 0 Å². The Morgan fingerprint density at radius 2 is 1.94 bits per heavy atom. The third kappa shape index (κ3) is 6.32. The Kier molecular flexibility index (Phi) is 5.01. The standard InChI is InChI=1S/C15H26N2/c1-13-7-6-8-14(11-13)16-9-10-17(5)12-15(2,3)4/h6-8,11,16H,9-10,12H2,1-5H3. The van der Waals surface area contributed by atoms with E-state index >= 15 is 0 Å². The van der Waals surface area contributed by atoms with Crippen LogP contribution in [-0.2, 0) is 0 Å². The molecular weight excluding hydrogens is 208 g/mol. The monoisotopic (exact) mass is 234 g/mol. The van der Waals surface area contributed by atoms with Crippen molar-refractivity contribution in [3.05, 3.63) is 29.8 Å². The smallest absolute Gasteiger partial charge is 0.0343 e. The number of rotatable bonds is 5. The maximum atomic E-state index is 3.46. The summed E-state index contributed by atoms with van der Waals surface area (Å²) in [5.41, 5.74) is 2.89. The van der Waals surface area contributed by atoms with Gasteiger partial charge < -0.3 is 10.2 Å². The Bertz CT molecular complexity index is 339. The summed E-state index contributed by atoms with van der Waals surface area (Å²) in [5.74, 6) is 0. The van der Waals surface area contributed by atoms with Crippen molar-refractivity contribution < 1.29 is 0 Å². The first-order valence-corrected chi connectivity index (χ1v) is 6.36. The molecule has 0 aliphatic carbocycles. The summed E-state index contributed by atoms with van der Waals surface area (Å²) in [5, 5.41) is 3.46. The van der Waals surface area contributed by atoms with Crippen molar-refractivity contribution in [3.63, 3.8) is 0 Å². The van der Waals surface area contributed by atoms with Gasteiger partial charge in [0.25, 0.3) is 0 Å². The number of hydrogen-bond acceptors (Lipinski definition) is 2. The minimum atomic E-state index is 0.373. The second-order valence-corrected chi connectivity index (χ2v) is 6.09. The van der Waals surface area contributed by atoms with E-state index in [1.54, 1.807) is 0 Å². The van der Waals surface area contributed by atoms with E-state index in [9.17, 15) is 0 Å². The van der Waals surface area contributed by atoms with Crippen molar-refractivity contribution >= 4 is 5.69 Å². The molecule has 1 aromatic carbocycles. The fourth-order valence-electron chi connectivity index (χ4n) is 2.03. The van der Waals surface area contributed by atoms with Gasteiger partial charge in [-0.15, -0.1) is 0 Å². The summed E-state index contributed by atoms with van der Waals surface area (Å²) < 4.78 is 0. The first-order valence-electron chi connectivity index (χ1n) is 6.36. The normalized spacial score (nSPS) is 11.9. The van der Waals surface area contributed by atoms with Crippen LogP contribution in [0.3, 0.4) is 0 Å². The van der Waals surface area contributed by atoms with Crippen molar-refractivity contribution in [2.45, 2.75) is 27.7 Å². The minimum absolute atomic E-state index is 0.373. The van der Waals surface area contributed by atoms with Gasteiger partial charge in [-0.1, -0.05) is 32.9 Å². The van der Waals surface area contributed by atoms with Crippen LogP contribution in [0.15, 0.2) is 24.3 Å². The molecule has 2 nitrogen and oxygen atoms in total. The number of likely N-dealkylation sites (N-methyl/N-ethyl adjacent to an activating group) is 1. The molecule has 0 aromatic heterocycles. The van der Waals surface area contributed by atoms with Crippen molar-refractivity contribution in [2.24, 2.45) is 5.41 Å². The molecule has 0 aliphatic heterocycles. The largest absolute Gasteiger partial charge is 0.384 e. The Balaban J connectivity index is 2.28. The SMILES string of the molecule is Cc1cccc(NCCN(C)CC(C)(C)C)c1. The highest BCUT2D eigenvalue weighted by Gasteiger charge is 2.12. The van der Waals surface area contributed by atoms with E-state index in [4.69, 9.17) is 0 Å². The third-order valence-electron chi connectivity index (χ3n) is 2.58. The molecule has 0 heterocycles. The van der Waals surface area contributed by atoms with E-state index < -0.39 is 0 Å². The van der Waals surface area contributed by atoms with Gasteiger partial charge in [0.2, 0.25) is 0 Å². The fraction of sp³-hybridized carbons (Fsp3) is 0.600. The lowest BCUT2D eigenvalue weighted by atomic mass is 9.96. The molecule has 1 rings (SSSR count). The number of benzene rings is 1. The molecule has 0 aliphatic rings. The van der Waals surface area contributed by atoms with E-state index in [1.165, 1.54) is 11.3 Å². The summed E-state index contributed by atoms with van der Waals surface area (Å²) in [4.78, 5) is 2.38. The van der Waals surface area contributed by atoms with E-state index in [2.05, 4.69) is 69.2 Å². The molecule has 0 saturated carbocycles. The average Bonchev–Trinajstić information content (AvgIpc) is 2.14. The van der Waals surface area contributed by atoms with Crippen molar-refractivity contribution in [1.29, 1.82) is 0 Å². The van der Waals surface area contributed by atoms with Crippen molar-refractivity contribution in [1.82, 2.24) is 4.90 Å². The van der Waals surface area contributed by atoms with E-state index in [0.717, 1.165) is 19.6 Å². The van der Waals surface area contributed by atoms with Crippen molar-refractivity contribution in [2.75, 3.05) is 32.0 Å². The van der Waals surface area contributed by atoms with Crippen LogP contribution >= 0.6 is 0 Å². The van der Waals surface area contributed by atoms with E-state index in [-0.39, 0.29) is 0 Å². The first kappa shape index (κ1) is 14.0. The van der Waals surface area contributed by atoms with Crippen LogP contribution in [0.5, 0.6) is 0 Å². The summed E-state index contributed by atoms with van der Waals surface area (Å²) in [6.45, 7) is 12.1. The zero-order valence-corrected chi connectivity index (χ0v) is 11.9. The second-order valence-electron chi connectivity index (χ2n) is 6.09.